The quantitative estimate of drug-likeness (QED) is 0.885. The highest BCUT2D eigenvalue weighted by atomic mass is 32.1. The van der Waals surface area contributed by atoms with Crippen LogP contribution in [-0.2, 0) is 6.54 Å². The first-order valence-electron chi connectivity index (χ1n) is 5.80. The zero-order valence-electron chi connectivity index (χ0n) is 10.8. The van der Waals surface area contributed by atoms with Crippen molar-refractivity contribution in [3.8, 4) is 0 Å². The van der Waals surface area contributed by atoms with Crippen LogP contribution in [0.1, 0.15) is 26.7 Å². The van der Waals surface area contributed by atoms with E-state index in [2.05, 4.69) is 56.2 Å². The van der Waals surface area contributed by atoms with Crippen molar-refractivity contribution in [1.29, 1.82) is 0 Å². The molecule has 0 saturated carbocycles. The van der Waals surface area contributed by atoms with Gasteiger partial charge in [0.2, 0.25) is 0 Å². The fourth-order valence-corrected chi connectivity index (χ4v) is 2.72. The lowest BCUT2D eigenvalue weighted by atomic mass is 10.1. The molecule has 2 nitrogen and oxygen atoms in total. The van der Waals surface area contributed by atoms with Gasteiger partial charge in [-0.1, -0.05) is 12.1 Å². The highest BCUT2D eigenvalue weighted by Crippen LogP contribution is 2.21. The van der Waals surface area contributed by atoms with E-state index in [1.54, 1.807) is 11.3 Å². The van der Waals surface area contributed by atoms with Crippen LogP contribution in [0.25, 0.3) is 0 Å². The van der Waals surface area contributed by atoms with E-state index in [9.17, 15) is 0 Å². The largest absolute Gasteiger partial charge is 0.380 e. The van der Waals surface area contributed by atoms with Gasteiger partial charge in [0.05, 0.1) is 17.2 Å². The number of benzene rings is 1. The summed E-state index contributed by atoms with van der Waals surface area (Å²) in [6.07, 6.45) is 0. The summed E-state index contributed by atoms with van der Waals surface area (Å²) in [6.45, 7) is 9.24. The Morgan fingerprint density at radius 2 is 1.94 bits per heavy atom. The molecule has 1 aromatic heterocycles. The number of hydrogen-bond acceptors (Lipinski definition) is 3. The molecule has 3 heteroatoms. The summed E-state index contributed by atoms with van der Waals surface area (Å²) >= 11 is 1.77. The van der Waals surface area contributed by atoms with E-state index in [1.165, 1.54) is 21.7 Å². The van der Waals surface area contributed by atoms with Crippen LogP contribution in [0.4, 0.5) is 5.69 Å². The third-order valence-electron chi connectivity index (χ3n) is 2.83. The number of thiazole rings is 1. The van der Waals surface area contributed by atoms with Crippen LogP contribution in [0.15, 0.2) is 18.2 Å². The van der Waals surface area contributed by atoms with Crippen molar-refractivity contribution in [2.45, 2.75) is 34.2 Å². The zero-order valence-corrected chi connectivity index (χ0v) is 11.6. The minimum atomic E-state index is 0.863. The lowest BCUT2D eigenvalue weighted by Crippen LogP contribution is -2.01. The number of aromatic nitrogens is 1. The first-order valence-corrected chi connectivity index (χ1v) is 6.62. The second-order valence-corrected chi connectivity index (χ2v) is 5.70. The molecule has 0 bridgehead atoms. The normalized spacial score (nSPS) is 10.6. The molecule has 17 heavy (non-hydrogen) atoms. The standard InChI is InChI=1S/C14H18N2S/c1-9-5-6-10(2)13(7-9)15-8-14-11(3)16-12(4)17-14/h5-7,15H,8H2,1-4H3. The van der Waals surface area contributed by atoms with E-state index < -0.39 is 0 Å². The Hall–Kier alpha value is -1.35. The van der Waals surface area contributed by atoms with Crippen molar-refractivity contribution in [3.05, 3.63) is 44.9 Å². The van der Waals surface area contributed by atoms with Gasteiger partial charge in [-0.3, -0.25) is 0 Å². The third kappa shape index (κ3) is 2.86. The van der Waals surface area contributed by atoms with Crippen LogP contribution >= 0.6 is 11.3 Å². The van der Waals surface area contributed by atoms with Gasteiger partial charge in [0.1, 0.15) is 0 Å². The number of anilines is 1. The van der Waals surface area contributed by atoms with Crippen molar-refractivity contribution in [3.63, 3.8) is 0 Å². The number of aryl methyl sites for hydroxylation is 4. The molecule has 1 N–H and O–H groups in total. The van der Waals surface area contributed by atoms with E-state index in [1.807, 2.05) is 0 Å². The first kappa shape index (κ1) is 12.1. The summed E-state index contributed by atoms with van der Waals surface area (Å²) < 4.78 is 0. The van der Waals surface area contributed by atoms with E-state index in [0.717, 1.165) is 17.2 Å². The molecule has 0 atom stereocenters. The van der Waals surface area contributed by atoms with Gasteiger partial charge in [-0.2, -0.15) is 0 Å². The molecule has 0 radical (unpaired) electrons. The number of hydrogen-bond donors (Lipinski definition) is 1. The van der Waals surface area contributed by atoms with Gasteiger partial charge in [0.25, 0.3) is 0 Å². The predicted octanol–water partition coefficient (Wildman–Crippen LogP) is 3.99. The molecule has 1 aromatic carbocycles. The van der Waals surface area contributed by atoms with Crippen LogP contribution in [0.2, 0.25) is 0 Å². The van der Waals surface area contributed by atoms with Crippen molar-refractivity contribution in [2.24, 2.45) is 0 Å². The minimum Gasteiger partial charge on any atom is -0.380 e. The molecule has 0 aliphatic carbocycles. The van der Waals surface area contributed by atoms with Gasteiger partial charge in [-0.25, -0.2) is 4.98 Å². The van der Waals surface area contributed by atoms with Crippen LogP contribution in [-0.4, -0.2) is 4.98 Å². The summed E-state index contributed by atoms with van der Waals surface area (Å²) in [5, 5.41) is 4.63. The molecular weight excluding hydrogens is 228 g/mol. The Labute approximate surface area is 107 Å². The van der Waals surface area contributed by atoms with E-state index >= 15 is 0 Å². The van der Waals surface area contributed by atoms with Gasteiger partial charge < -0.3 is 5.32 Å². The minimum absolute atomic E-state index is 0.863. The first-order chi connectivity index (χ1) is 8.06. The van der Waals surface area contributed by atoms with Gasteiger partial charge >= 0.3 is 0 Å². The molecule has 0 spiro atoms. The SMILES string of the molecule is Cc1ccc(C)c(NCc2sc(C)nc2C)c1. The summed E-state index contributed by atoms with van der Waals surface area (Å²) in [5.74, 6) is 0. The number of nitrogens with zero attached hydrogens (tertiary/aromatic N) is 1. The Morgan fingerprint density at radius 3 is 2.59 bits per heavy atom. The van der Waals surface area contributed by atoms with E-state index in [0.29, 0.717) is 0 Å². The van der Waals surface area contributed by atoms with Crippen molar-refractivity contribution >= 4 is 17.0 Å². The molecular formula is C14H18N2S. The topological polar surface area (TPSA) is 24.9 Å². The monoisotopic (exact) mass is 246 g/mol. The van der Waals surface area contributed by atoms with Crippen LogP contribution in [0.3, 0.4) is 0 Å². The molecule has 90 valence electrons. The van der Waals surface area contributed by atoms with Crippen LogP contribution < -0.4 is 5.32 Å². The molecule has 0 aliphatic heterocycles. The molecule has 2 rings (SSSR count). The van der Waals surface area contributed by atoms with Gasteiger partial charge in [0, 0.05) is 10.6 Å². The van der Waals surface area contributed by atoms with Gasteiger partial charge in [-0.05, 0) is 44.9 Å². The second kappa shape index (κ2) is 4.88. The lowest BCUT2D eigenvalue weighted by molar-refractivity contribution is 1.10. The second-order valence-electron chi connectivity index (χ2n) is 4.41. The Morgan fingerprint density at radius 1 is 1.18 bits per heavy atom. The van der Waals surface area contributed by atoms with Crippen molar-refractivity contribution in [1.82, 2.24) is 4.98 Å². The zero-order chi connectivity index (χ0) is 12.4. The third-order valence-corrected chi connectivity index (χ3v) is 3.90. The van der Waals surface area contributed by atoms with Crippen molar-refractivity contribution in [2.75, 3.05) is 5.32 Å². The van der Waals surface area contributed by atoms with Crippen LogP contribution in [0, 0.1) is 27.7 Å². The molecule has 2 aromatic rings. The summed E-state index contributed by atoms with van der Waals surface area (Å²) in [7, 11) is 0. The average Bonchev–Trinajstić information content (AvgIpc) is 2.59. The van der Waals surface area contributed by atoms with Crippen LogP contribution in [0.5, 0.6) is 0 Å². The predicted molar refractivity (Wildman–Crippen MR) is 74.8 cm³/mol. The highest BCUT2D eigenvalue weighted by Gasteiger charge is 2.05. The lowest BCUT2D eigenvalue weighted by Gasteiger charge is -2.09. The van der Waals surface area contributed by atoms with E-state index in [-0.39, 0.29) is 0 Å². The summed E-state index contributed by atoms with van der Waals surface area (Å²) in [4.78, 5) is 5.76. The average molecular weight is 246 g/mol. The smallest absolute Gasteiger partial charge is 0.0900 e. The van der Waals surface area contributed by atoms with Gasteiger partial charge in [-0.15, -0.1) is 11.3 Å². The summed E-state index contributed by atoms with van der Waals surface area (Å²) in [6, 6.07) is 6.49. The maximum absolute atomic E-state index is 4.44. The Bertz CT molecular complexity index is 529. The number of rotatable bonds is 3. The maximum atomic E-state index is 4.44. The molecule has 0 aliphatic rings. The van der Waals surface area contributed by atoms with Gasteiger partial charge in [0.15, 0.2) is 0 Å². The fourth-order valence-electron chi connectivity index (χ4n) is 1.84. The van der Waals surface area contributed by atoms with E-state index in [4.69, 9.17) is 0 Å². The molecule has 1 heterocycles. The number of nitrogens with one attached hydrogen (secondary N) is 1. The molecule has 0 fully saturated rings. The van der Waals surface area contributed by atoms with Crippen molar-refractivity contribution < 1.29 is 0 Å². The molecule has 0 saturated heterocycles. The summed E-state index contributed by atoms with van der Waals surface area (Å²) in [5.41, 5.74) is 4.94. The Kier molecular flexibility index (Phi) is 3.48. The fraction of sp³-hybridized carbons (Fsp3) is 0.357. The molecule has 0 amide bonds. The molecule has 0 unspecified atom stereocenters. The maximum Gasteiger partial charge on any atom is 0.0900 e. The highest BCUT2D eigenvalue weighted by molar-refractivity contribution is 7.11. The Balaban J connectivity index is 2.12.